The molecule has 0 spiro atoms. The standard InChI is InChI=1S/C8H8O2.C8H10.CH4/c1-6-2-3-7-8(4-6)10-5-9-7;1-7-3-5-8(2)6-4-7;/h2-4H,5H2,1H3;3-6H,1-2H3;1H4. The van der Waals surface area contributed by atoms with Gasteiger partial charge in [0, 0.05) is 0 Å². The van der Waals surface area contributed by atoms with Crippen molar-refractivity contribution in [3.05, 3.63) is 59.2 Å². The van der Waals surface area contributed by atoms with E-state index in [0.29, 0.717) is 6.79 Å². The summed E-state index contributed by atoms with van der Waals surface area (Å²) in [6, 6.07) is 14.4. The second kappa shape index (κ2) is 6.83. The van der Waals surface area contributed by atoms with E-state index in [2.05, 4.69) is 38.1 Å². The van der Waals surface area contributed by atoms with Gasteiger partial charge in [-0.2, -0.15) is 0 Å². The van der Waals surface area contributed by atoms with Gasteiger partial charge in [0.25, 0.3) is 0 Å². The molecule has 2 aromatic carbocycles. The van der Waals surface area contributed by atoms with E-state index < -0.39 is 0 Å². The number of fused-ring (bicyclic) bond motifs is 1. The molecule has 19 heavy (non-hydrogen) atoms. The largest absolute Gasteiger partial charge is 0.454 e. The Morgan fingerprint density at radius 1 is 0.684 bits per heavy atom. The van der Waals surface area contributed by atoms with Gasteiger partial charge in [0.15, 0.2) is 11.5 Å². The zero-order valence-electron chi connectivity index (χ0n) is 11.1. The number of benzene rings is 2. The quantitative estimate of drug-likeness (QED) is 0.684. The molecule has 2 nitrogen and oxygen atoms in total. The molecular weight excluding hydrogens is 236 g/mol. The van der Waals surface area contributed by atoms with Crippen LogP contribution in [0.5, 0.6) is 11.5 Å². The average molecular weight is 258 g/mol. The monoisotopic (exact) mass is 258 g/mol. The molecule has 2 aromatic rings. The Bertz CT molecular complexity index is 494. The van der Waals surface area contributed by atoms with Crippen LogP contribution < -0.4 is 9.47 Å². The normalized spacial score (nSPS) is 11.1. The first-order valence-electron chi connectivity index (χ1n) is 6.04. The lowest BCUT2D eigenvalue weighted by molar-refractivity contribution is 0.174. The highest BCUT2D eigenvalue weighted by molar-refractivity contribution is 5.43. The van der Waals surface area contributed by atoms with Crippen LogP contribution in [0.1, 0.15) is 24.1 Å². The molecule has 0 aliphatic carbocycles. The van der Waals surface area contributed by atoms with Crippen LogP contribution in [0.4, 0.5) is 0 Å². The van der Waals surface area contributed by atoms with Crippen molar-refractivity contribution < 1.29 is 9.47 Å². The van der Waals surface area contributed by atoms with Gasteiger partial charge in [0.2, 0.25) is 6.79 Å². The summed E-state index contributed by atoms with van der Waals surface area (Å²) in [5.74, 6) is 1.71. The van der Waals surface area contributed by atoms with Gasteiger partial charge in [-0.25, -0.2) is 0 Å². The SMILES string of the molecule is C.Cc1ccc(C)cc1.Cc1ccc2c(c1)OCO2. The van der Waals surface area contributed by atoms with Crippen LogP contribution in [-0.4, -0.2) is 6.79 Å². The minimum atomic E-state index is 0. The Hall–Kier alpha value is -1.96. The van der Waals surface area contributed by atoms with E-state index >= 15 is 0 Å². The molecule has 2 heteroatoms. The number of aryl methyl sites for hydroxylation is 3. The number of hydrogen-bond donors (Lipinski definition) is 0. The second-order valence-electron chi connectivity index (χ2n) is 4.51. The molecule has 0 N–H and O–H groups in total. The van der Waals surface area contributed by atoms with Crippen molar-refractivity contribution in [2.75, 3.05) is 6.79 Å². The average Bonchev–Trinajstić information content (AvgIpc) is 2.81. The van der Waals surface area contributed by atoms with E-state index in [9.17, 15) is 0 Å². The smallest absolute Gasteiger partial charge is 0.231 e. The third kappa shape index (κ3) is 4.32. The number of hydrogen-bond acceptors (Lipinski definition) is 2. The number of ether oxygens (including phenoxy) is 2. The highest BCUT2D eigenvalue weighted by Gasteiger charge is 2.11. The van der Waals surface area contributed by atoms with Crippen LogP contribution in [0.25, 0.3) is 0 Å². The van der Waals surface area contributed by atoms with E-state index in [-0.39, 0.29) is 7.43 Å². The molecule has 0 saturated carbocycles. The third-order valence-corrected chi connectivity index (χ3v) is 2.75. The fourth-order valence-corrected chi connectivity index (χ4v) is 1.64. The van der Waals surface area contributed by atoms with Crippen LogP contribution in [0.15, 0.2) is 42.5 Å². The first-order valence-corrected chi connectivity index (χ1v) is 6.04. The van der Waals surface area contributed by atoms with Gasteiger partial charge >= 0.3 is 0 Å². The highest BCUT2D eigenvalue weighted by atomic mass is 16.7. The van der Waals surface area contributed by atoms with E-state index in [4.69, 9.17) is 9.47 Å². The maximum atomic E-state index is 5.16. The van der Waals surface area contributed by atoms with Crippen molar-refractivity contribution >= 4 is 0 Å². The molecule has 1 heterocycles. The molecule has 0 aromatic heterocycles. The Kier molecular flexibility index (Phi) is 5.43. The zero-order valence-corrected chi connectivity index (χ0v) is 11.1. The molecule has 0 atom stereocenters. The molecule has 1 aliphatic heterocycles. The minimum Gasteiger partial charge on any atom is -0.454 e. The van der Waals surface area contributed by atoms with Crippen molar-refractivity contribution in [2.45, 2.75) is 28.2 Å². The van der Waals surface area contributed by atoms with Crippen molar-refractivity contribution in [3.8, 4) is 11.5 Å². The van der Waals surface area contributed by atoms with E-state index in [1.54, 1.807) is 0 Å². The summed E-state index contributed by atoms with van der Waals surface area (Å²) < 4.78 is 10.3. The molecule has 1 aliphatic rings. The van der Waals surface area contributed by atoms with Gasteiger partial charge in [-0.1, -0.05) is 48.9 Å². The van der Waals surface area contributed by atoms with Crippen molar-refractivity contribution in [3.63, 3.8) is 0 Å². The van der Waals surface area contributed by atoms with Crippen molar-refractivity contribution in [2.24, 2.45) is 0 Å². The summed E-state index contributed by atoms with van der Waals surface area (Å²) in [4.78, 5) is 0. The van der Waals surface area contributed by atoms with Gasteiger partial charge in [-0.3, -0.25) is 0 Å². The maximum Gasteiger partial charge on any atom is 0.231 e. The van der Waals surface area contributed by atoms with Crippen LogP contribution in [0.2, 0.25) is 0 Å². The molecule has 0 amide bonds. The summed E-state index contributed by atoms with van der Waals surface area (Å²) in [6.45, 7) is 6.58. The third-order valence-electron chi connectivity index (χ3n) is 2.75. The number of rotatable bonds is 0. The Morgan fingerprint density at radius 2 is 1.16 bits per heavy atom. The highest BCUT2D eigenvalue weighted by Crippen LogP contribution is 2.31. The second-order valence-corrected chi connectivity index (χ2v) is 4.51. The molecule has 0 saturated heterocycles. The predicted octanol–water partition coefficient (Wildman–Crippen LogP) is 4.66. The van der Waals surface area contributed by atoms with Crippen LogP contribution in [0.3, 0.4) is 0 Å². The van der Waals surface area contributed by atoms with Gasteiger partial charge < -0.3 is 9.47 Å². The van der Waals surface area contributed by atoms with E-state index in [1.165, 1.54) is 16.7 Å². The fraction of sp³-hybridized carbons (Fsp3) is 0.294. The Labute approximate surface area is 116 Å². The van der Waals surface area contributed by atoms with Crippen molar-refractivity contribution in [1.82, 2.24) is 0 Å². The van der Waals surface area contributed by atoms with E-state index in [1.807, 2.05) is 25.1 Å². The zero-order chi connectivity index (χ0) is 13.0. The molecule has 0 fully saturated rings. The predicted molar refractivity (Wildman–Crippen MR) is 79.9 cm³/mol. The van der Waals surface area contributed by atoms with Gasteiger partial charge in [0.1, 0.15) is 0 Å². The molecule has 0 radical (unpaired) electrons. The fourth-order valence-electron chi connectivity index (χ4n) is 1.64. The summed E-state index contributed by atoms with van der Waals surface area (Å²) in [5.41, 5.74) is 3.86. The summed E-state index contributed by atoms with van der Waals surface area (Å²) >= 11 is 0. The molecule has 3 rings (SSSR count). The summed E-state index contributed by atoms with van der Waals surface area (Å²) in [7, 11) is 0. The summed E-state index contributed by atoms with van der Waals surface area (Å²) in [6.07, 6.45) is 0. The Morgan fingerprint density at radius 3 is 1.74 bits per heavy atom. The first-order chi connectivity index (χ1) is 8.65. The van der Waals surface area contributed by atoms with Crippen molar-refractivity contribution in [1.29, 1.82) is 0 Å². The lowest BCUT2D eigenvalue weighted by atomic mass is 10.2. The molecule has 0 bridgehead atoms. The Balaban J connectivity index is 0.000000185. The van der Waals surface area contributed by atoms with Gasteiger partial charge in [-0.05, 0) is 38.5 Å². The maximum absolute atomic E-state index is 5.16. The first kappa shape index (κ1) is 15.1. The van der Waals surface area contributed by atoms with Crippen LogP contribution in [0, 0.1) is 20.8 Å². The lowest BCUT2D eigenvalue weighted by Gasteiger charge is -1.94. The molecule has 102 valence electrons. The minimum absolute atomic E-state index is 0. The topological polar surface area (TPSA) is 18.5 Å². The van der Waals surface area contributed by atoms with Gasteiger partial charge in [-0.15, -0.1) is 0 Å². The lowest BCUT2D eigenvalue weighted by Crippen LogP contribution is -1.92. The molecular formula is C17H22O2. The van der Waals surface area contributed by atoms with Crippen LogP contribution >= 0.6 is 0 Å². The van der Waals surface area contributed by atoms with Crippen LogP contribution in [-0.2, 0) is 0 Å². The molecule has 0 unspecified atom stereocenters. The summed E-state index contributed by atoms with van der Waals surface area (Å²) in [5, 5.41) is 0. The van der Waals surface area contributed by atoms with E-state index in [0.717, 1.165) is 11.5 Å². The van der Waals surface area contributed by atoms with Gasteiger partial charge in [0.05, 0.1) is 0 Å².